The third-order valence-corrected chi connectivity index (χ3v) is 7.31. The number of carboxylic acid groups (broad SMARTS) is 1. The van der Waals surface area contributed by atoms with Gasteiger partial charge in [-0.1, -0.05) is 29.8 Å². The van der Waals surface area contributed by atoms with Gasteiger partial charge in [-0.2, -0.15) is 0 Å². The molecule has 0 unspecified atom stereocenters. The molecule has 0 spiro atoms. The number of nitrogens with one attached hydrogen (secondary N) is 1. The minimum atomic E-state index is -1.09. The third kappa shape index (κ3) is 6.19. The van der Waals surface area contributed by atoms with Crippen LogP contribution in [0.25, 0.3) is 5.57 Å². The molecule has 0 aliphatic carbocycles. The van der Waals surface area contributed by atoms with Crippen LogP contribution >= 0.6 is 11.3 Å². The molecule has 3 aromatic rings. The second kappa shape index (κ2) is 12.0. The Hall–Kier alpha value is -3.49. The minimum absolute atomic E-state index is 0.0322. The Balaban J connectivity index is 1.65. The first-order valence-electron chi connectivity index (χ1n) is 12.3. The van der Waals surface area contributed by atoms with Crippen molar-refractivity contribution in [1.82, 2.24) is 14.8 Å². The molecule has 0 saturated carbocycles. The van der Waals surface area contributed by atoms with Crippen molar-refractivity contribution in [3.63, 3.8) is 0 Å². The van der Waals surface area contributed by atoms with Crippen molar-refractivity contribution in [3.8, 4) is 0 Å². The molecule has 1 saturated heterocycles. The number of carbonyl (C=O) groups excluding carboxylic acids is 1. The molecule has 1 aliphatic rings. The summed E-state index contributed by atoms with van der Waals surface area (Å²) in [6.45, 7) is 8.12. The van der Waals surface area contributed by atoms with E-state index in [1.165, 1.54) is 10.5 Å². The van der Waals surface area contributed by atoms with Gasteiger partial charge in [0.05, 0.1) is 5.51 Å². The van der Waals surface area contributed by atoms with Gasteiger partial charge in [-0.25, -0.2) is 4.79 Å². The van der Waals surface area contributed by atoms with Crippen molar-refractivity contribution in [2.75, 3.05) is 31.5 Å². The maximum absolute atomic E-state index is 12.8. The summed E-state index contributed by atoms with van der Waals surface area (Å²) in [5, 5.41) is 11.7. The van der Waals surface area contributed by atoms with E-state index in [9.17, 15) is 14.7 Å². The first kappa shape index (κ1) is 25.6. The summed E-state index contributed by atoms with van der Waals surface area (Å²) in [5.41, 5.74) is 7.53. The second-order valence-corrected chi connectivity index (χ2v) is 9.76. The predicted octanol–water partition coefficient (Wildman–Crippen LogP) is 5.81. The van der Waals surface area contributed by atoms with Crippen LogP contribution in [-0.2, 0) is 6.54 Å². The van der Waals surface area contributed by atoms with Crippen LogP contribution in [0.1, 0.15) is 53.1 Å². The summed E-state index contributed by atoms with van der Waals surface area (Å²) >= 11 is 1.68. The van der Waals surface area contributed by atoms with Crippen molar-refractivity contribution in [3.05, 3.63) is 87.4 Å². The fourth-order valence-corrected chi connectivity index (χ4v) is 5.33. The average molecular weight is 505 g/mol. The quantitative estimate of drug-likeness (QED) is 0.404. The Morgan fingerprint density at radius 3 is 2.33 bits per heavy atom. The Labute approximate surface area is 216 Å². The lowest BCUT2D eigenvalue weighted by atomic mass is 9.88. The molecule has 0 radical (unpaired) electrons. The molecule has 2 N–H and O–H groups in total. The number of benzene rings is 2. The molecule has 8 heteroatoms. The third-order valence-electron chi connectivity index (χ3n) is 6.55. The number of rotatable bonds is 8. The molecule has 2 aromatic carbocycles. The normalized spacial score (nSPS) is 13.9. The van der Waals surface area contributed by atoms with Gasteiger partial charge in [-0.15, -0.1) is 11.3 Å². The number of aromatic nitrogens is 1. The van der Waals surface area contributed by atoms with E-state index in [1.807, 2.05) is 72.9 Å². The summed E-state index contributed by atoms with van der Waals surface area (Å²) in [6, 6.07) is 15.4. The van der Waals surface area contributed by atoms with Crippen molar-refractivity contribution in [2.24, 2.45) is 0 Å². The number of likely N-dealkylation sites (tertiary alicyclic amines) is 1. The predicted molar refractivity (Wildman–Crippen MR) is 144 cm³/mol. The lowest BCUT2D eigenvalue weighted by molar-refractivity contribution is 0.0773. The van der Waals surface area contributed by atoms with E-state index in [0.29, 0.717) is 24.3 Å². The smallest absolute Gasteiger partial charge is 0.409 e. The van der Waals surface area contributed by atoms with Crippen LogP contribution in [-0.4, -0.2) is 58.1 Å². The van der Waals surface area contributed by atoms with E-state index in [0.717, 1.165) is 49.2 Å². The van der Waals surface area contributed by atoms with Gasteiger partial charge in [0.2, 0.25) is 0 Å². The molecule has 1 aliphatic heterocycles. The highest BCUT2D eigenvalue weighted by molar-refractivity contribution is 7.09. The van der Waals surface area contributed by atoms with E-state index in [2.05, 4.69) is 15.2 Å². The number of piperidine rings is 1. The van der Waals surface area contributed by atoms with Crippen molar-refractivity contribution in [1.29, 1.82) is 0 Å². The van der Waals surface area contributed by atoms with Crippen LogP contribution in [0.15, 0.2) is 65.8 Å². The molecule has 0 atom stereocenters. The molecule has 2 heterocycles. The van der Waals surface area contributed by atoms with Crippen LogP contribution in [0.5, 0.6) is 0 Å². The molecule has 4 rings (SSSR count). The molecule has 188 valence electrons. The van der Waals surface area contributed by atoms with E-state index < -0.39 is 6.09 Å². The summed E-state index contributed by atoms with van der Waals surface area (Å²) in [5.74, 6) is 0.0322. The first-order valence-corrected chi connectivity index (χ1v) is 13.2. The van der Waals surface area contributed by atoms with E-state index in [4.69, 9.17) is 0 Å². The highest BCUT2D eigenvalue weighted by atomic mass is 32.1. The maximum Gasteiger partial charge on any atom is 0.409 e. The van der Waals surface area contributed by atoms with Crippen LogP contribution in [0.3, 0.4) is 0 Å². The van der Waals surface area contributed by atoms with Gasteiger partial charge in [0.25, 0.3) is 5.91 Å². The highest BCUT2D eigenvalue weighted by Gasteiger charge is 2.21. The Kier molecular flexibility index (Phi) is 8.51. The van der Waals surface area contributed by atoms with Crippen LogP contribution in [0.2, 0.25) is 0 Å². The lowest BCUT2D eigenvalue weighted by Gasteiger charge is -2.30. The molecule has 1 aromatic heterocycles. The second-order valence-electron chi connectivity index (χ2n) is 8.79. The fourth-order valence-electron chi connectivity index (χ4n) is 4.70. The number of anilines is 1. The number of thiazole rings is 1. The molecule has 0 bridgehead atoms. The van der Waals surface area contributed by atoms with Gasteiger partial charge >= 0.3 is 6.09 Å². The zero-order valence-corrected chi connectivity index (χ0v) is 21.6. The number of hydrogen-bond acceptors (Lipinski definition) is 5. The summed E-state index contributed by atoms with van der Waals surface area (Å²) in [6.07, 6.45) is 2.69. The lowest BCUT2D eigenvalue weighted by Crippen LogP contribution is -2.30. The number of nitrogens with zero attached hydrogens (tertiary/aromatic N) is 3. The van der Waals surface area contributed by atoms with Gasteiger partial charge in [-0.3, -0.25) is 20.0 Å². The molecular formula is C28H32N4O3S. The van der Waals surface area contributed by atoms with Gasteiger partial charge in [-0.05, 0) is 67.7 Å². The number of amides is 2. The Morgan fingerprint density at radius 2 is 1.72 bits per heavy atom. The number of hydrogen-bond donors (Lipinski definition) is 2. The van der Waals surface area contributed by atoms with E-state index in [-0.39, 0.29) is 5.91 Å². The largest absolute Gasteiger partial charge is 0.465 e. The molecule has 2 amide bonds. The zero-order chi connectivity index (χ0) is 25.5. The number of carbonyl (C=O) groups is 2. The standard InChI is InChI=1S/C28H32N4O3S/c1-3-32(4-2)27(33)22-10-8-20(9-11-22)26(23-6-5-7-24(16-23)30-28(34)35)21-12-14-31(15-13-21)18-25-17-29-19-36-25/h5-11,16-17,19,30H,3-4,12-15,18H2,1-2H3,(H,34,35). The SMILES string of the molecule is CCN(CC)C(=O)c1ccc(C(=C2CCN(Cc3cncs3)CC2)c2cccc(NC(=O)O)c2)cc1. The maximum atomic E-state index is 12.8. The van der Waals surface area contributed by atoms with E-state index in [1.54, 1.807) is 17.4 Å². The highest BCUT2D eigenvalue weighted by Crippen LogP contribution is 2.34. The molecular weight excluding hydrogens is 472 g/mol. The monoisotopic (exact) mass is 504 g/mol. The van der Waals surface area contributed by atoms with Gasteiger partial charge < -0.3 is 10.0 Å². The summed E-state index contributed by atoms with van der Waals surface area (Å²) in [7, 11) is 0. The summed E-state index contributed by atoms with van der Waals surface area (Å²) < 4.78 is 0. The van der Waals surface area contributed by atoms with Gasteiger partial charge in [0.15, 0.2) is 0 Å². The minimum Gasteiger partial charge on any atom is -0.465 e. The molecule has 1 fully saturated rings. The fraction of sp³-hybridized carbons (Fsp3) is 0.321. The Morgan fingerprint density at radius 1 is 1.03 bits per heavy atom. The summed E-state index contributed by atoms with van der Waals surface area (Å²) in [4.78, 5) is 33.8. The van der Waals surface area contributed by atoms with Crippen molar-refractivity contribution >= 4 is 34.6 Å². The van der Waals surface area contributed by atoms with Crippen molar-refractivity contribution < 1.29 is 14.7 Å². The average Bonchev–Trinajstić information content (AvgIpc) is 3.39. The Bertz CT molecular complexity index is 1210. The van der Waals surface area contributed by atoms with E-state index >= 15 is 0 Å². The van der Waals surface area contributed by atoms with Gasteiger partial charge in [0, 0.05) is 55.0 Å². The molecule has 36 heavy (non-hydrogen) atoms. The van der Waals surface area contributed by atoms with Crippen LogP contribution in [0.4, 0.5) is 10.5 Å². The first-order chi connectivity index (χ1) is 17.5. The van der Waals surface area contributed by atoms with Crippen LogP contribution in [0, 0.1) is 0 Å². The van der Waals surface area contributed by atoms with Crippen molar-refractivity contribution in [2.45, 2.75) is 33.2 Å². The molecule has 7 nitrogen and oxygen atoms in total. The van der Waals surface area contributed by atoms with Gasteiger partial charge in [0.1, 0.15) is 0 Å². The van der Waals surface area contributed by atoms with Crippen LogP contribution < -0.4 is 5.32 Å². The topological polar surface area (TPSA) is 85.8 Å². The zero-order valence-electron chi connectivity index (χ0n) is 20.7.